The van der Waals surface area contributed by atoms with E-state index in [0.717, 1.165) is 5.56 Å². The molecule has 3 rings (SSSR count). The first-order valence-corrected chi connectivity index (χ1v) is 12.4. The summed E-state index contributed by atoms with van der Waals surface area (Å²) < 4.78 is 31.9. The highest BCUT2D eigenvalue weighted by Crippen LogP contribution is 2.26. The molecule has 9 heteroatoms. The zero-order chi connectivity index (χ0) is 22.6. The van der Waals surface area contributed by atoms with Gasteiger partial charge < -0.3 is 15.0 Å². The van der Waals surface area contributed by atoms with Gasteiger partial charge in [0.15, 0.2) is 0 Å². The number of hydrogen-bond donors (Lipinski definition) is 1. The van der Waals surface area contributed by atoms with Crippen LogP contribution in [0.15, 0.2) is 24.3 Å². The molecule has 2 aliphatic heterocycles. The van der Waals surface area contributed by atoms with Crippen LogP contribution in [0.25, 0.3) is 0 Å². The maximum absolute atomic E-state index is 13.3. The molecule has 0 radical (unpaired) electrons. The number of benzene rings is 1. The van der Waals surface area contributed by atoms with Crippen LogP contribution in [-0.4, -0.2) is 80.1 Å². The molecule has 0 aliphatic carbocycles. The normalized spacial score (nSPS) is 19.9. The first-order valence-electron chi connectivity index (χ1n) is 10.9. The lowest BCUT2D eigenvalue weighted by molar-refractivity contribution is -0.139. The summed E-state index contributed by atoms with van der Waals surface area (Å²) in [5, 5.41) is 2.49. The van der Waals surface area contributed by atoms with E-state index < -0.39 is 21.3 Å². The summed E-state index contributed by atoms with van der Waals surface area (Å²) in [6.45, 7) is 7.94. The molecule has 2 amide bonds. The summed E-state index contributed by atoms with van der Waals surface area (Å²) in [5.41, 5.74) is 1.48. The smallest absolute Gasteiger partial charge is 0.251 e. The van der Waals surface area contributed by atoms with Crippen molar-refractivity contribution >= 4 is 21.8 Å². The van der Waals surface area contributed by atoms with Gasteiger partial charge in [0.1, 0.15) is 6.04 Å². The minimum Gasteiger partial charge on any atom is -0.378 e. The topological polar surface area (TPSA) is 96.0 Å². The average Bonchev–Trinajstić information content (AvgIpc) is 2.77. The molecular formula is C22H33N3O5S. The molecule has 1 aromatic carbocycles. The maximum Gasteiger partial charge on any atom is 0.251 e. The molecule has 1 N–H and O–H groups in total. The number of hydrogen-bond acceptors (Lipinski definition) is 5. The van der Waals surface area contributed by atoms with Crippen LogP contribution in [0.4, 0.5) is 0 Å². The SMILES string of the molecule is Cc1cccc(C(=O)NC(C(=O)N2CCOCC2)C2CCN(S(=O)(=O)C(C)C)CC2)c1. The number of amides is 2. The first-order chi connectivity index (χ1) is 14.7. The number of nitrogens with zero attached hydrogens (tertiary/aromatic N) is 2. The van der Waals surface area contributed by atoms with Crippen molar-refractivity contribution in [3.63, 3.8) is 0 Å². The fourth-order valence-electron chi connectivity index (χ4n) is 4.13. The number of carbonyl (C=O) groups excluding carboxylic acids is 2. The van der Waals surface area contributed by atoms with Gasteiger partial charge in [-0.3, -0.25) is 9.59 Å². The van der Waals surface area contributed by atoms with E-state index in [1.165, 1.54) is 4.31 Å². The third kappa shape index (κ3) is 5.64. The zero-order valence-corrected chi connectivity index (χ0v) is 19.4. The molecule has 0 aromatic heterocycles. The van der Waals surface area contributed by atoms with Crippen molar-refractivity contribution in [1.29, 1.82) is 0 Å². The van der Waals surface area contributed by atoms with E-state index in [1.807, 2.05) is 19.1 Å². The standard InChI is InChI=1S/C22H33N3O5S/c1-16(2)31(28,29)25-9-7-18(8-10-25)20(22(27)24-11-13-30-14-12-24)23-21(26)19-6-4-5-17(3)15-19/h4-6,15-16,18,20H,7-14H2,1-3H3,(H,23,26). The molecule has 2 heterocycles. The molecule has 8 nitrogen and oxygen atoms in total. The maximum atomic E-state index is 13.3. The number of carbonyl (C=O) groups is 2. The Morgan fingerprint density at radius 1 is 1.10 bits per heavy atom. The first kappa shape index (κ1) is 23.7. The van der Waals surface area contributed by atoms with E-state index in [-0.39, 0.29) is 17.7 Å². The highest BCUT2D eigenvalue weighted by molar-refractivity contribution is 7.89. The molecule has 0 saturated carbocycles. The summed E-state index contributed by atoms with van der Waals surface area (Å²) in [7, 11) is -3.33. The Morgan fingerprint density at radius 3 is 2.32 bits per heavy atom. The van der Waals surface area contributed by atoms with E-state index >= 15 is 0 Å². The van der Waals surface area contributed by atoms with Crippen LogP contribution in [0, 0.1) is 12.8 Å². The lowest BCUT2D eigenvalue weighted by Crippen LogP contribution is -2.56. The Kier molecular flexibility index (Phi) is 7.72. The van der Waals surface area contributed by atoms with E-state index in [1.54, 1.807) is 30.9 Å². The van der Waals surface area contributed by atoms with Gasteiger partial charge in [-0.1, -0.05) is 17.7 Å². The Bertz CT molecular complexity index is 888. The summed E-state index contributed by atoms with van der Waals surface area (Å²) >= 11 is 0. The third-order valence-corrected chi connectivity index (χ3v) is 8.36. The molecule has 2 fully saturated rings. The predicted molar refractivity (Wildman–Crippen MR) is 118 cm³/mol. The van der Waals surface area contributed by atoms with Crippen LogP contribution in [0.3, 0.4) is 0 Å². The van der Waals surface area contributed by atoms with Gasteiger partial charge >= 0.3 is 0 Å². The van der Waals surface area contributed by atoms with Gasteiger partial charge in [0.2, 0.25) is 15.9 Å². The molecule has 2 saturated heterocycles. The van der Waals surface area contributed by atoms with E-state index in [0.29, 0.717) is 57.8 Å². The Balaban J connectivity index is 1.76. The molecule has 31 heavy (non-hydrogen) atoms. The molecule has 2 aliphatic rings. The van der Waals surface area contributed by atoms with Gasteiger partial charge in [-0.25, -0.2) is 12.7 Å². The molecular weight excluding hydrogens is 418 g/mol. The minimum atomic E-state index is -3.33. The van der Waals surface area contributed by atoms with Gasteiger partial charge in [-0.2, -0.15) is 0 Å². The second-order valence-electron chi connectivity index (χ2n) is 8.59. The number of morpholine rings is 1. The van der Waals surface area contributed by atoms with Gasteiger partial charge in [-0.15, -0.1) is 0 Å². The quantitative estimate of drug-likeness (QED) is 0.705. The molecule has 172 valence electrons. The van der Waals surface area contributed by atoms with E-state index in [9.17, 15) is 18.0 Å². The van der Waals surface area contributed by atoms with Crippen LogP contribution in [0.1, 0.15) is 42.6 Å². The highest BCUT2D eigenvalue weighted by atomic mass is 32.2. The fourth-order valence-corrected chi connectivity index (χ4v) is 5.45. The average molecular weight is 452 g/mol. The monoisotopic (exact) mass is 451 g/mol. The van der Waals surface area contributed by atoms with Crippen molar-refractivity contribution in [2.24, 2.45) is 5.92 Å². The van der Waals surface area contributed by atoms with Crippen molar-refractivity contribution < 1.29 is 22.7 Å². The molecule has 0 bridgehead atoms. The van der Waals surface area contributed by atoms with Crippen molar-refractivity contribution in [3.05, 3.63) is 35.4 Å². The molecule has 1 atom stereocenters. The van der Waals surface area contributed by atoms with Crippen LogP contribution in [0.5, 0.6) is 0 Å². The predicted octanol–water partition coefficient (Wildman–Crippen LogP) is 1.40. The molecule has 1 unspecified atom stereocenters. The van der Waals surface area contributed by atoms with E-state index in [2.05, 4.69) is 5.32 Å². The van der Waals surface area contributed by atoms with Crippen molar-refractivity contribution in [2.45, 2.75) is 44.9 Å². The summed E-state index contributed by atoms with van der Waals surface area (Å²) in [5.74, 6) is -0.523. The number of nitrogens with one attached hydrogen (secondary N) is 1. The van der Waals surface area contributed by atoms with Crippen LogP contribution >= 0.6 is 0 Å². The second kappa shape index (κ2) is 10.1. The zero-order valence-electron chi connectivity index (χ0n) is 18.5. The lowest BCUT2D eigenvalue weighted by atomic mass is 9.88. The molecule has 0 spiro atoms. The number of rotatable bonds is 6. The largest absolute Gasteiger partial charge is 0.378 e. The summed E-state index contributed by atoms with van der Waals surface area (Å²) in [4.78, 5) is 28.0. The van der Waals surface area contributed by atoms with Gasteiger partial charge in [0.05, 0.1) is 18.5 Å². The van der Waals surface area contributed by atoms with Crippen LogP contribution in [-0.2, 0) is 19.6 Å². The van der Waals surface area contributed by atoms with Crippen LogP contribution < -0.4 is 5.32 Å². The fraction of sp³-hybridized carbons (Fsp3) is 0.636. The Labute approximate surface area is 185 Å². The Morgan fingerprint density at radius 2 is 1.74 bits per heavy atom. The van der Waals surface area contributed by atoms with Crippen molar-refractivity contribution in [1.82, 2.24) is 14.5 Å². The second-order valence-corrected chi connectivity index (χ2v) is 11.1. The Hall–Kier alpha value is -1.97. The number of ether oxygens (including phenoxy) is 1. The third-order valence-electron chi connectivity index (χ3n) is 6.08. The number of sulfonamides is 1. The van der Waals surface area contributed by atoms with Gasteiger partial charge in [0.25, 0.3) is 5.91 Å². The molecule has 1 aromatic rings. The highest BCUT2D eigenvalue weighted by Gasteiger charge is 2.38. The summed E-state index contributed by atoms with van der Waals surface area (Å²) in [6, 6.07) is 6.57. The number of piperidine rings is 1. The van der Waals surface area contributed by atoms with Crippen LogP contribution in [0.2, 0.25) is 0 Å². The van der Waals surface area contributed by atoms with Gasteiger partial charge in [-0.05, 0) is 51.7 Å². The van der Waals surface area contributed by atoms with Gasteiger partial charge in [0, 0.05) is 31.7 Å². The van der Waals surface area contributed by atoms with Crippen molar-refractivity contribution in [3.8, 4) is 0 Å². The summed E-state index contributed by atoms with van der Waals surface area (Å²) in [6.07, 6.45) is 1.06. The van der Waals surface area contributed by atoms with E-state index in [4.69, 9.17) is 4.74 Å². The number of aryl methyl sites for hydroxylation is 1. The van der Waals surface area contributed by atoms with Crippen molar-refractivity contribution in [2.75, 3.05) is 39.4 Å². The minimum absolute atomic E-state index is 0.116. The lowest BCUT2D eigenvalue weighted by Gasteiger charge is -2.38.